The monoisotopic (exact) mass is 259 g/mol. The number of nitriles is 1. The van der Waals surface area contributed by atoms with Crippen molar-refractivity contribution in [1.82, 2.24) is 10.2 Å². The first-order chi connectivity index (χ1) is 8.84. The molecule has 0 spiro atoms. The van der Waals surface area contributed by atoms with Crippen LogP contribution in [-0.4, -0.2) is 32.1 Å². The Hall–Kier alpha value is -1.37. The van der Waals surface area contributed by atoms with Crippen molar-refractivity contribution < 1.29 is 0 Å². The zero-order valence-corrected chi connectivity index (χ0v) is 12.7. The molecule has 0 aliphatic carbocycles. The summed E-state index contributed by atoms with van der Waals surface area (Å²) in [5.74, 6) is 0. The van der Waals surface area contributed by atoms with Gasteiger partial charge in [0.25, 0.3) is 0 Å². The Morgan fingerprint density at radius 2 is 2.05 bits per heavy atom. The first kappa shape index (κ1) is 15.7. The average molecular weight is 259 g/mol. The summed E-state index contributed by atoms with van der Waals surface area (Å²) in [7, 11) is 4.20. The van der Waals surface area contributed by atoms with E-state index in [9.17, 15) is 0 Å². The Balaban J connectivity index is 2.60. The molecule has 0 fully saturated rings. The molecule has 3 heteroatoms. The van der Waals surface area contributed by atoms with Gasteiger partial charge < -0.3 is 10.2 Å². The molecule has 104 valence electrons. The summed E-state index contributed by atoms with van der Waals surface area (Å²) >= 11 is 0. The first-order valence-corrected chi connectivity index (χ1v) is 6.72. The normalized spacial score (nSPS) is 13.3. The zero-order chi connectivity index (χ0) is 14.5. The highest BCUT2D eigenvalue weighted by molar-refractivity contribution is 5.34. The van der Waals surface area contributed by atoms with E-state index in [0.717, 1.165) is 18.7 Å². The molecule has 0 amide bonds. The third-order valence-corrected chi connectivity index (χ3v) is 3.15. The van der Waals surface area contributed by atoms with Crippen molar-refractivity contribution in [2.75, 3.05) is 27.2 Å². The lowest BCUT2D eigenvalue weighted by atomic mass is 9.92. The van der Waals surface area contributed by atoms with E-state index in [1.165, 1.54) is 5.56 Å². The second-order valence-electron chi connectivity index (χ2n) is 6.24. The Kier molecular flexibility index (Phi) is 5.53. The Bertz CT molecular complexity index is 444. The average Bonchev–Trinajstić information content (AvgIpc) is 2.34. The standard InChI is InChI=1S/C16H25N3/c1-13(15-8-6-7-14(9-15)10-17)18-11-16(2,3)12-19(4)5/h6-9,13,18H,11-12H2,1-5H3. The van der Waals surface area contributed by atoms with Crippen LogP contribution >= 0.6 is 0 Å². The van der Waals surface area contributed by atoms with E-state index in [1.54, 1.807) is 0 Å². The van der Waals surface area contributed by atoms with Gasteiger partial charge in [-0.1, -0.05) is 26.0 Å². The van der Waals surface area contributed by atoms with Crippen LogP contribution in [0.2, 0.25) is 0 Å². The fraction of sp³-hybridized carbons (Fsp3) is 0.562. The molecule has 1 unspecified atom stereocenters. The lowest BCUT2D eigenvalue weighted by molar-refractivity contribution is 0.227. The van der Waals surface area contributed by atoms with Crippen molar-refractivity contribution >= 4 is 0 Å². The van der Waals surface area contributed by atoms with Crippen molar-refractivity contribution in [2.24, 2.45) is 5.41 Å². The maximum Gasteiger partial charge on any atom is 0.0991 e. The van der Waals surface area contributed by atoms with Gasteiger partial charge in [0, 0.05) is 19.1 Å². The largest absolute Gasteiger partial charge is 0.310 e. The Morgan fingerprint density at radius 3 is 2.63 bits per heavy atom. The number of nitrogens with one attached hydrogen (secondary N) is 1. The van der Waals surface area contributed by atoms with E-state index in [0.29, 0.717) is 0 Å². The SMILES string of the molecule is CC(NCC(C)(C)CN(C)C)c1cccc(C#N)c1. The van der Waals surface area contributed by atoms with E-state index >= 15 is 0 Å². The highest BCUT2D eigenvalue weighted by Gasteiger charge is 2.19. The van der Waals surface area contributed by atoms with Crippen LogP contribution in [0, 0.1) is 16.7 Å². The van der Waals surface area contributed by atoms with Gasteiger partial charge in [-0.25, -0.2) is 0 Å². The fourth-order valence-corrected chi connectivity index (χ4v) is 2.34. The smallest absolute Gasteiger partial charge is 0.0991 e. The van der Waals surface area contributed by atoms with Crippen molar-refractivity contribution in [1.29, 1.82) is 5.26 Å². The quantitative estimate of drug-likeness (QED) is 0.854. The first-order valence-electron chi connectivity index (χ1n) is 6.72. The van der Waals surface area contributed by atoms with Gasteiger partial charge in [0.2, 0.25) is 0 Å². The summed E-state index contributed by atoms with van der Waals surface area (Å²) in [6.07, 6.45) is 0. The molecule has 1 N–H and O–H groups in total. The lowest BCUT2D eigenvalue weighted by Crippen LogP contribution is -2.38. The third kappa shape index (κ3) is 5.42. The second kappa shape index (κ2) is 6.70. The predicted molar refractivity (Wildman–Crippen MR) is 79.9 cm³/mol. The second-order valence-corrected chi connectivity index (χ2v) is 6.24. The molecule has 0 bridgehead atoms. The summed E-state index contributed by atoms with van der Waals surface area (Å²) in [6, 6.07) is 10.2. The number of nitrogens with zero attached hydrogens (tertiary/aromatic N) is 2. The van der Waals surface area contributed by atoms with Gasteiger partial charge >= 0.3 is 0 Å². The maximum atomic E-state index is 8.93. The highest BCUT2D eigenvalue weighted by Crippen LogP contribution is 2.18. The molecule has 1 rings (SSSR count). The Morgan fingerprint density at radius 1 is 1.37 bits per heavy atom. The van der Waals surface area contributed by atoms with Crippen molar-refractivity contribution in [3.63, 3.8) is 0 Å². The molecule has 1 aromatic carbocycles. The van der Waals surface area contributed by atoms with Crippen LogP contribution in [0.1, 0.15) is 37.9 Å². The van der Waals surface area contributed by atoms with Crippen LogP contribution in [0.25, 0.3) is 0 Å². The molecular weight excluding hydrogens is 234 g/mol. The molecule has 0 saturated carbocycles. The molecule has 1 atom stereocenters. The number of rotatable bonds is 6. The molecule has 0 aliphatic heterocycles. The zero-order valence-electron chi connectivity index (χ0n) is 12.7. The molecule has 0 saturated heterocycles. The summed E-state index contributed by atoms with van der Waals surface area (Å²) in [6.45, 7) is 8.66. The van der Waals surface area contributed by atoms with Crippen molar-refractivity contribution in [3.8, 4) is 6.07 Å². The van der Waals surface area contributed by atoms with Gasteiger partial charge in [0.05, 0.1) is 11.6 Å². The summed E-state index contributed by atoms with van der Waals surface area (Å²) in [4.78, 5) is 2.21. The van der Waals surface area contributed by atoms with Crippen molar-refractivity contribution in [3.05, 3.63) is 35.4 Å². The minimum absolute atomic E-state index is 0.227. The molecule has 0 aromatic heterocycles. The van der Waals surface area contributed by atoms with Crippen LogP contribution in [0.5, 0.6) is 0 Å². The molecule has 0 heterocycles. The lowest BCUT2D eigenvalue weighted by Gasteiger charge is -2.30. The predicted octanol–water partition coefficient (Wildman–Crippen LogP) is 2.80. The Labute approximate surface area is 117 Å². The van der Waals surface area contributed by atoms with E-state index in [-0.39, 0.29) is 11.5 Å². The molecular formula is C16H25N3. The van der Waals surface area contributed by atoms with Gasteiger partial charge in [-0.2, -0.15) is 5.26 Å². The van der Waals surface area contributed by atoms with Gasteiger partial charge in [-0.05, 0) is 44.1 Å². The van der Waals surface area contributed by atoms with Crippen LogP contribution in [0.3, 0.4) is 0 Å². The van der Waals surface area contributed by atoms with Crippen LogP contribution in [0.15, 0.2) is 24.3 Å². The van der Waals surface area contributed by atoms with E-state index in [1.807, 2.05) is 18.2 Å². The molecule has 3 nitrogen and oxygen atoms in total. The highest BCUT2D eigenvalue weighted by atomic mass is 15.1. The summed E-state index contributed by atoms with van der Waals surface area (Å²) in [5, 5.41) is 12.5. The molecule has 1 aromatic rings. The topological polar surface area (TPSA) is 39.1 Å². The van der Waals surface area contributed by atoms with Crippen LogP contribution in [0.4, 0.5) is 0 Å². The van der Waals surface area contributed by atoms with E-state index < -0.39 is 0 Å². The summed E-state index contributed by atoms with van der Waals surface area (Å²) in [5.41, 5.74) is 2.11. The molecule has 0 aliphatic rings. The van der Waals surface area contributed by atoms with Crippen LogP contribution in [-0.2, 0) is 0 Å². The maximum absolute atomic E-state index is 8.93. The van der Waals surface area contributed by atoms with Crippen LogP contribution < -0.4 is 5.32 Å². The van der Waals surface area contributed by atoms with Gasteiger partial charge in [0.15, 0.2) is 0 Å². The van der Waals surface area contributed by atoms with Gasteiger partial charge in [-0.3, -0.25) is 0 Å². The molecule has 0 radical (unpaired) electrons. The minimum Gasteiger partial charge on any atom is -0.310 e. The van der Waals surface area contributed by atoms with E-state index in [4.69, 9.17) is 5.26 Å². The summed E-state index contributed by atoms with van der Waals surface area (Å²) < 4.78 is 0. The van der Waals surface area contributed by atoms with Gasteiger partial charge in [-0.15, -0.1) is 0 Å². The molecule has 19 heavy (non-hydrogen) atoms. The number of benzene rings is 1. The number of hydrogen-bond donors (Lipinski definition) is 1. The van der Waals surface area contributed by atoms with Crippen molar-refractivity contribution in [2.45, 2.75) is 26.8 Å². The third-order valence-electron chi connectivity index (χ3n) is 3.15. The van der Waals surface area contributed by atoms with Gasteiger partial charge in [0.1, 0.15) is 0 Å². The van der Waals surface area contributed by atoms with E-state index in [2.05, 4.69) is 57.2 Å². The number of hydrogen-bond acceptors (Lipinski definition) is 3. The fourth-order valence-electron chi connectivity index (χ4n) is 2.34. The minimum atomic E-state index is 0.227.